The highest BCUT2D eigenvalue weighted by Crippen LogP contribution is 2.26. The highest BCUT2D eigenvalue weighted by molar-refractivity contribution is 6.42. The summed E-state index contributed by atoms with van der Waals surface area (Å²) in [6.07, 6.45) is 3.44. The van der Waals surface area contributed by atoms with Crippen LogP contribution in [0.15, 0.2) is 24.3 Å². The monoisotopic (exact) mass is 381 g/mol. The first-order chi connectivity index (χ1) is 12.1. The molecular weight excluding hydrogens is 361 g/mol. The van der Waals surface area contributed by atoms with Crippen molar-refractivity contribution in [3.8, 4) is 6.07 Å². The molecule has 0 radical (unpaired) electrons. The van der Waals surface area contributed by atoms with Crippen molar-refractivity contribution in [1.29, 1.82) is 5.26 Å². The molecule has 25 heavy (non-hydrogen) atoms. The predicted molar refractivity (Wildman–Crippen MR) is 99.6 cm³/mol. The van der Waals surface area contributed by atoms with E-state index < -0.39 is 0 Å². The fourth-order valence-electron chi connectivity index (χ4n) is 2.52. The summed E-state index contributed by atoms with van der Waals surface area (Å²) in [6.45, 7) is 4.94. The fourth-order valence-corrected chi connectivity index (χ4v) is 2.89. The van der Waals surface area contributed by atoms with Crippen LogP contribution in [0.3, 0.4) is 0 Å². The summed E-state index contributed by atoms with van der Waals surface area (Å²) < 4.78 is 5.33. The Balaban J connectivity index is 1.97. The maximum atomic E-state index is 12.5. The Labute approximate surface area is 158 Å². The van der Waals surface area contributed by atoms with E-state index in [0.29, 0.717) is 35.1 Å². The normalized spacial score (nSPS) is 15.2. The van der Waals surface area contributed by atoms with E-state index in [1.807, 2.05) is 0 Å². The number of nitrogens with zero attached hydrogens (tertiary/aromatic N) is 3. The first-order valence-corrected chi connectivity index (χ1v) is 8.95. The van der Waals surface area contributed by atoms with Gasteiger partial charge in [0, 0.05) is 38.8 Å². The van der Waals surface area contributed by atoms with E-state index in [9.17, 15) is 4.79 Å². The lowest BCUT2D eigenvalue weighted by molar-refractivity contribution is -0.126. The van der Waals surface area contributed by atoms with Gasteiger partial charge in [0.1, 0.15) is 0 Å². The van der Waals surface area contributed by atoms with Crippen LogP contribution in [0.2, 0.25) is 10.0 Å². The number of nitriles is 1. The molecule has 0 N–H and O–H groups in total. The zero-order valence-corrected chi connectivity index (χ0v) is 15.5. The van der Waals surface area contributed by atoms with Crippen molar-refractivity contribution in [2.45, 2.75) is 6.42 Å². The van der Waals surface area contributed by atoms with Gasteiger partial charge in [-0.2, -0.15) is 5.26 Å². The highest BCUT2D eigenvalue weighted by atomic mass is 35.5. The van der Waals surface area contributed by atoms with Crippen molar-refractivity contribution in [3.63, 3.8) is 0 Å². The van der Waals surface area contributed by atoms with Crippen molar-refractivity contribution in [2.75, 3.05) is 45.9 Å². The lowest BCUT2D eigenvalue weighted by Gasteiger charge is -2.29. The Morgan fingerprint density at radius 2 is 2.08 bits per heavy atom. The quantitative estimate of drug-likeness (QED) is 0.680. The Morgan fingerprint density at radius 3 is 2.80 bits per heavy atom. The molecule has 1 aromatic rings. The Morgan fingerprint density at radius 1 is 1.32 bits per heavy atom. The number of ether oxygens (including phenoxy) is 1. The molecule has 7 heteroatoms. The molecule has 1 aromatic carbocycles. The first-order valence-electron chi connectivity index (χ1n) is 8.20. The SMILES string of the molecule is N#CCCN(CCN1CCOCC1)C(=O)/C=C/c1cccc(Cl)c1Cl. The number of hydrogen-bond acceptors (Lipinski definition) is 4. The van der Waals surface area contributed by atoms with Crippen LogP contribution in [0.5, 0.6) is 0 Å². The van der Waals surface area contributed by atoms with Gasteiger partial charge in [-0.15, -0.1) is 0 Å². The van der Waals surface area contributed by atoms with Crippen molar-refractivity contribution in [1.82, 2.24) is 9.80 Å². The zero-order chi connectivity index (χ0) is 18.1. The average Bonchev–Trinajstić information content (AvgIpc) is 2.63. The summed E-state index contributed by atoms with van der Waals surface area (Å²) in [5.74, 6) is -0.139. The van der Waals surface area contributed by atoms with Crippen molar-refractivity contribution < 1.29 is 9.53 Å². The number of benzene rings is 1. The van der Waals surface area contributed by atoms with Gasteiger partial charge < -0.3 is 9.64 Å². The van der Waals surface area contributed by atoms with Gasteiger partial charge in [0.2, 0.25) is 5.91 Å². The molecule has 0 atom stereocenters. The number of morpholine rings is 1. The molecule has 0 aliphatic carbocycles. The van der Waals surface area contributed by atoms with Crippen LogP contribution in [0.1, 0.15) is 12.0 Å². The van der Waals surface area contributed by atoms with Gasteiger partial charge in [0.15, 0.2) is 0 Å². The van der Waals surface area contributed by atoms with Gasteiger partial charge in [0.05, 0.1) is 35.7 Å². The summed E-state index contributed by atoms with van der Waals surface area (Å²) in [7, 11) is 0. The molecule has 1 heterocycles. The molecule has 0 saturated carbocycles. The molecule has 1 fully saturated rings. The first kappa shape index (κ1) is 19.7. The van der Waals surface area contributed by atoms with Crippen LogP contribution >= 0.6 is 23.2 Å². The topological polar surface area (TPSA) is 56.6 Å². The number of halogens is 2. The van der Waals surface area contributed by atoms with Crippen molar-refractivity contribution >= 4 is 35.2 Å². The lowest BCUT2D eigenvalue weighted by atomic mass is 10.2. The molecule has 1 aliphatic heterocycles. The third kappa shape index (κ3) is 6.33. The number of amides is 1. The minimum Gasteiger partial charge on any atom is -0.379 e. The average molecular weight is 382 g/mol. The molecule has 134 valence electrons. The zero-order valence-electron chi connectivity index (χ0n) is 14.0. The number of rotatable bonds is 7. The third-order valence-electron chi connectivity index (χ3n) is 3.98. The third-order valence-corrected chi connectivity index (χ3v) is 4.82. The maximum absolute atomic E-state index is 12.5. The molecule has 5 nitrogen and oxygen atoms in total. The smallest absolute Gasteiger partial charge is 0.246 e. The summed E-state index contributed by atoms with van der Waals surface area (Å²) in [6, 6.07) is 7.37. The summed E-state index contributed by atoms with van der Waals surface area (Å²) in [5.41, 5.74) is 0.691. The molecule has 0 bridgehead atoms. The van der Waals surface area contributed by atoms with Gasteiger partial charge >= 0.3 is 0 Å². The summed E-state index contributed by atoms with van der Waals surface area (Å²) in [4.78, 5) is 16.4. The Kier molecular flexibility index (Phi) is 8.23. The molecule has 1 amide bonds. The van der Waals surface area contributed by atoms with E-state index in [0.717, 1.165) is 32.8 Å². The number of hydrogen-bond donors (Lipinski definition) is 0. The second kappa shape index (κ2) is 10.4. The van der Waals surface area contributed by atoms with Crippen LogP contribution in [-0.4, -0.2) is 61.6 Å². The molecule has 2 rings (SSSR count). The minimum absolute atomic E-state index is 0.139. The van der Waals surface area contributed by atoms with Gasteiger partial charge in [-0.1, -0.05) is 35.3 Å². The van der Waals surface area contributed by atoms with E-state index in [-0.39, 0.29) is 5.91 Å². The van der Waals surface area contributed by atoms with Crippen molar-refractivity contribution in [3.05, 3.63) is 39.9 Å². The van der Waals surface area contributed by atoms with Crippen molar-refractivity contribution in [2.24, 2.45) is 0 Å². The van der Waals surface area contributed by atoms with Crippen LogP contribution in [0, 0.1) is 11.3 Å². The number of carbonyl (C=O) groups is 1. The summed E-state index contributed by atoms with van der Waals surface area (Å²) in [5, 5.41) is 9.69. The summed E-state index contributed by atoms with van der Waals surface area (Å²) >= 11 is 12.1. The Bertz CT molecular complexity index is 652. The standard InChI is InChI=1S/C18H21Cl2N3O2/c19-16-4-1-3-15(18(16)20)5-6-17(24)23(8-2-7-21)10-9-22-11-13-25-14-12-22/h1,3-6H,2,8-14H2/b6-5+. The molecule has 0 unspecified atom stereocenters. The van der Waals surface area contributed by atoms with Crippen LogP contribution in [0.4, 0.5) is 0 Å². The molecule has 1 aliphatic rings. The lowest BCUT2D eigenvalue weighted by Crippen LogP contribution is -2.43. The van der Waals surface area contributed by atoms with Crippen LogP contribution in [0.25, 0.3) is 6.08 Å². The second-order valence-electron chi connectivity index (χ2n) is 5.66. The molecule has 0 aromatic heterocycles. The molecule has 0 spiro atoms. The van der Waals surface area contributed by atoms with E-state index in [2.05, 4.69) is 11.0 Å². The Hall–Kier alpha value is -1.58. The second-order valence-corrected chi connectivity index (χ2v) is 6.45. The van der Waals surface area contributed by atoms with E-state index in [4.69, 9.17) is 33.2 Å². The van der Waals surface area contributed by atoms with E-state index >= 15 is 0 Å². The molecular formula is C18H21Cl2N3O2. The predicted octanol–water partition coefficient (Wildman–Crippen LogP) is 3.08. The van der Waals surface area contributed by atoms with Gasteiger partial charge in [-0.25, -0.2) is 0 Å². The van der Waals surface area contributed by atoms with Gasteiger partial charge in [-0.3, -0.25) is 9.69 Å². The molecule has 1 saturated heterocycles. The van der Waals surface area contributed by atoms with E-state index in [1.54, 1.807) is 29.2 Å². The fraction of sp³-hybridized carbons (Fsp3) is 0.444. The van der Waals surface area contributed by atoms with E-state index in [1.165, 1.54) is 6.08 Å². The minimum atomic E-state index is -0.139. The number of carbonyl (C=O) groups excluding carboxylic acids is 1. The van der Waals surface area contributed by atoms with Gasteiger partial charge in [0.25, 0.3) is 0 Å². The van der Waals surface area contributed by atoms with Crippen LogP contribution in [-0.2, 0) is 9.53 Å². The highest BCUT2D eigenvalue weighted by Gasteiger charge is 2.15. The largest absolute Gasteiger partial charge is 0.379 e. The maximum Gasteiger partial charge on any atom is 0.246 e. The van der Waals surface area contributed by atoms with Gasteiger partial charge in [-0.05, 0) is 17.7 Å². The van der Waals surface area contributed by atoms with Crippen LogP contribution < -0.4 is 0 Å².